The molecule has 0 nitrogen and oxygen atoms in total. The van der Waals surface area contributed by atoms with Gasteiger partial charge in [0.1, 0.15) is 0 Å². The van der Waals surface area contributed by atoms with E-state index in [1.807, 2.05) is 0 Å². The molecule has 0 saturated heterocycles. The fraction of sp³-hybridized carbons (Fsp3) is 0.500. The maximum atomic E-state index is 2.64. The number of hydrogen-bond donors (Lipinski definition) is 0. The Kier molecular flexibility index (Phi) is 10.2. The van der Waals surface area contributed by atoms with Crippen LogP contribution in [-0.2, 0) is 0 Å². The summed E-state index contributed by atoms with van der Waals surface area (Å²) in [6.45, 7) is 45.7. The third-order valence-corrected chi connectivity index (χ3v) is 21.2. The van der Waals surface area contributed by atoms with Crippen LogP contribution in [0.4, 0.5) is 0 Å². The lowest BCUT2D eigenvalue weighted by atomic mass is 9.37. The van der Waals surface area contributed by atoms with E-state index < -0.39 is 48.4 Å². The van der Waals surface area contributed by atoms with E-state index in [2.05, 4.69) is 172 Å². The molecule has 0 saturated carbocycles. The maximum absolute atomic E-state index is 2.64. The highest BCUT2D eigenvalue weighted by Gasteiger charge is 2.33. The second-order valence-electron chi connectivity index (χ2n) is 19.5. The molecule has 0 bridgehead atoms. The first kappa shape index (κ1) is 36.5. The van der Waals surface area contributed by atoms with Gasteiger partial charge in [-0.3, -0.25) is 0 Å². The molecule has 0 amide bonds. The van der Waals surface area contributed by atoms with Crippen molar-refractivity contribution >= 4 is 103 Å². The third kappa shape index (κ3) is 9.06. The molecule has 234 valence electrons. The fourth-order valence-electron chi connectivity index (χ4n) is 5.63. The smallest absolute Gasteiger partial charge is 0.0689 e. The van der Waals surface area contributed by atoms with Crippen molar-refractivity contribution < 1.29 is 0 Å². The molecule has 7 heteroatoms. The molecule has 0 aliphatic carbocycles. The van der Waals surface area contributed by atoms with Crippen LogP contribution < -0.4 is 47.5 Å². The largest absolute Gasteiger partial charge is 0.241 e. The number of benzene rings is 3. The van der Waals surface area contributed by atoms with E-state index >= 15 is 0 Å². The molecule has 0 aliphatic rings. The Morgan fingerprint density at radius 2 is 0.395 bits per heavy atom. The molecule has 0 unspecified atom stereocenters. The van der Waals surface area contributed by atoms with E-state index in [0.717, 1.165) is 0 Å². The highest BCUT2D eigenvalue weighted by molar-refractivity contribution is 7.00. The molecule has 0 aromatic heterocycles. The standard InChI is InChI=1S/C36H63BSi6/c1-38(2,3)31-19-28(20-32(25-31)39(4,5)6)37(29-21-33(40(7,8)9)26-34(22-29)41(10,11)12)30-23-35(42(13,14)15)27-36(24-30)43(16,17)18/h19-27H,1-18H3. The lowest BCUT2D eigenvalue weighted by Crippen LogP contribution is -2.61. The van der Waals surface area contributed by atoms with Gasteiger partial charge in [0.2, 0.25) is 6.71 Å². The Bertz CT molecular complexity index is 1190. The minimum atomic E-state index is -1.54. The molecule has 0 fully saturated rings. The van der Waals surface area contributed by atoms with Crippen LogP contribution in [0.5, 0.6) is 0 Å². The van der Waals surface area contributed by atoms with E-state index in [0.29, 0.717) is 0 Å². The second-order valence-corrected chi connectivity index (χ2v) is 49.9. The van der Waals surface area contributed by atoms with Crippen molar-refractivity contribution in [2.24, 2.45) is 0 Å². The van der Waals surface area contributed by atoms with Crippen LogP contribution in [0.3, 0.4) is 0 Å². The van der Waals surface area contributed by atoms with Gasteiger partial charge in [0.05, 0.1) is 48.4 Å². The van der Waals surface area contributed by atoms with Gasteiger partial charge in [-0.2, -0.15) is 0 Å². The summed E-state index contributed by atoms with van der Waals surface area (Å²) in [6.07, 6.45) is 0. The summed E-state index contributed by atoms with van der Waals surface area (Å²) in [7, 11) is -9.22. The SMILES string of the molecule is C[Si](C)(C)c1cc(B(c2cc([Si](C)(C)C)cc([Si](C)(C)C)c2)c2cc([Si](C)(C)C)cc([Si](C)(C)C)c2)cc([Si](C)(C)C)c1. The van der Waals surface area contributed by atoms with Crippen LogP contribution in [0.1, 0.15) is 0 Å². The topological polar surface area (TPSA) is 0 Å². The average Bonchev–Trinajstić information content (AvgIpc) is 2.80. The van der Waals surface area contributed by atoms with Crippen LogP contribution in [0.15, 0.2) is 54.6 Å². The number of rotatable bonds is 9. The van der Waals surface area contributed by atoms with E-state index in [-0.39, 0.29) is 6.71 Å². The van der Waals surface area contributed by atoms with Crippen molar-refractivity contribution in [3.63, 3.8) is 0 Å². The predicted octanol–water partition coefficient (Wildman–Crippen LogP) is 5.47. The van der Waals surface area contributed by atoms with Crippen LogP contribution in [0.25, 0.3) is 0 Å². The van der Waals surface area contributed by atoms with E-state index in [4.69, 9.17) is 0 Å². The van der Waals surface area contributed by atoms with Crippen molar-refractivity contribution in [3.05, 3.63) is 54.6 Å². The molecule has 3 rings (SSSR count). The van der Waals surface area contributed by atoms with Gasteiger partial charge >= 0.3 is 0 Å². The summed E-state index contributed by atoms with van der Waals surface area (Å²) in [4.78, 5) is 0. The van der Waals surface area contributed by atoms with Gasteiger partial charge in [-0.25, -0.2) is 0 Å². The van der Waals surface area contributed by atoms with Crippen molar-refractivity contribution in [1.82, 2.24) is 0 Å². The normalized spacial score (nSPS) is 13.8. The van der Waals surface area contributed by atoms with Gasteiger partial charge in [0.25, 0.3) is 0 Å². The van der Waals surface area contributed by atoms with E-state index in [1.54, 1.807) is 31.1 Å². The molecule has 0 N–H and O–H groups in total. The minimum Gasteiger partial charge on any atom is -0.0689 e. The highest BCUT2D eigenvalue weighted by Crippen LogP contribution is 2.10. The third-order valence-electron chi connectivity index (χ3n) is 9.06. The lowest BCUT2D eigenvalue weighted by molar-refractivity contribution is 1.66. The maximum Gasteiger partial charge on any atom is 0.241 e. The first-order valence-corrected chi connectivity index (χ1v) is 37.6. The van der Waals surface area contributed by atoms with E-state index in [9.17, 15) is 0 Å². The Morgan fingerprint density at radius 3 is 0.512 bits per heavy atom. The molecule has 0 aliphatic heterocycles. The first-order chi connectivity index (χ1) is 19.1. The van der Waals surface area contributed by atoms with Crippen LogP contribution in [0.2, 0.25) is 118 Å². The molecule has 0 spiro atoms. The Labute approximate surface area is 273 Å². The molecular formula is C36H63BSi6. The van der Waals surface area contributed by atoms with Crippen LogP contribution >= 0.6 is 0 Å². The first-order valence-electron chi connectivity index (χ1n) is 16.6. The van der Waals surface area contributed by atoms with Crippen molar-refractivity contribution in [2.45, 2.75) is 118 Å². The molecule has 3 aromatic carbocycles. The molecule has 3 aromatic rings. The predicted molar refractivity (Wildman–Crippen MR) is 222 cm³/mol. The summed E-state index contributed by atoms with van der Waals surface area (Å²) in [5, 5.41) is 9.70. The average molecular weight is 675 g/mol. The summed E-state index contributed by atoms with van der Waals surface area (Å²) in [5.74, 6) is 0. The van der Waals surface area contributed by atoms with Gasteiger partial charge in [-0.1, -0.05) is 220 Å². The van der Waals surface area contributed by atoms with Gasteiger partial charge in [0, 0.05) is 0 Å². The zero-order valence-electron chi connectivity index (χ0n) is 31.3. The van der Waals surface area contributed by atoms with Gasteiger partial charge in [-0.15, -0.1) is 0 Å². The monoisotopic (exact) mass is 674 g/mol. The molecular weight excluding hydrogens is 612 g/mol. The Balaban J connectivity index is 2.60. The van der Waals surface area contributed by atoms with Crippen molar-refractivity contribution in [3.8, 4) is 0 Å². The van der Waals surface area contributed by atoms with Crippen LogP contribution in [-0.4, -0.2) is 55.2 Å². The molecule has 0 heterocycles. The zero-order chi connectivity index (χ0) is 33.1. The highest BCUT2D eigenvalue weighted by atomic mass is 28.3. The quantitative estimate of drug-likeness (QED) is 0.264. The molecule has 0 atom stereocenters. The fourth-order valence-corrected chi connectivity index (χ4v) is 13.2. The van der Waals surface area contributed by atoms with Crippen molar-refractivity contribution in [1.29, 1.82) is 0 Å². The summed E-state index contributed by atoms with van der Waals surface area (Å²) in [6, 6.07) is 23.7. The summed E-state index contributed by atoms with van der Waals surface area (Å²) >= 11 is 0. The van der Waals surface area contributed by atoms with Crippen molar-refractivity contribution in [2.75, 3.05) is 0 Å². The zero-order valence-corrected chi connectivity index (χ0v) is 37.3. The van der Waals surface area contributed by atoms with Gasteiger partial charge in [-0.05, 0) is 0 Å². The van der Waals surface area contributed by atoms with E-state index in [1.165, 1.54) is 16.4 Å². The summed E-state index contributed by atoms with van der Waals surface area (Å²) < 4.78 is 0. The van der Waals surface area contributed by atoms with Crippen LogP contribution in [0, 0.1) is 0 Å². The number of hydrogen-bond acceptors (Lipinski definition) is 0. The molecule has 43 heavy (non-hydrogen) atoms. The molecule has 0 radical (unpaired) electrons. The summed E-state index contributed by atoms with van der Waals surface area (Å²) in [5.41, 5.74) is 4.59. The minimum absolute atomic E-state index is 0.254. The Hall–Kier alpha value is -0.974. The van der Waals surface area contributed by atoms with Gasteiger partial charge < -0.3 is 0 Å². The van der Waals surface area contributed by atoms with Gasteiger partial charge in [0.15, 0.2) is 0 Å². The second kappa shape index (κ2) is 12.0. The Morgan fingerprint density at radius 1 is 0.256 bits per heavy atom. The lowest BCUT2D eigenvalue weighted by Gasteiger charge is -2.30.